The molecule has 0 fully saturated rings. The largest absolute Gasteiger partial charge is 0.457 e. The zero-order chi connectivity index (χ0) is 16.4. The summed E-state index contributed by atoms with van der Waals surface area (Å²) in [6.07, 6.45) is 1.58. The molecular formula is C17H13BrCl2O3. The number of ether oxygens (including phenoxy) is 3. The smallest absolute Gasteiger partial charge is 0.288 e. The molecule has 1 unspecified atom stereocenters. The number of hydrogen-bond acceptors (Lipinski definition) is 3. The van der Waals surface area contributed by atoms with Gasteiger partial charge in [-0.05, 0) is 49.4 Å². The van der Waals surface area contributed by atoms with E-state index in [9.17, 15) is 0 Å². The summed E-state index contributed by atoms with van der Waals surface area (Å²) in [4.78, 5) is 0. The van der Waals surface area contributed by atoms with Crippen LogP contribution in [0.25, 0.3) is 0 Å². The van der Waals surface area contributed by atoms with Gasteiger partial charge in [-0.1, -0.05) is 39.1 Å². The van der Waals surface area contributed by atoms with Crippen molar-refractivity contribution in [1.29, 1.82) is 0 Å². The normalized spacial score (nSPS) is 19.7. The van der Waals surface area contributed by atoms with Crippen molar-refractivity contribution in [3.8, 4) is 11.5 Å². The van der Waals surface area contributed by atoms with Crippen molar-refractivity contribution < 1.29 is 14.2 Å². The number of hydrogen-bond donors (Lipinski definition) is 0. The van der Waals surface area contributed by atoms with Crippen LogP contribution in [0.4, 0.5) is 0 Å². The average Bonchev–Trinajstić information content (AvgIpc) is 2.92. The van der Waals surface area contributed by atoms with Crippen LogP contribution in [0.3, 0.4) is 0 Å². The summed E-state index contributed by atoms with van der Waals surface area (Å²) in [6.45, 7) is 1.83. The van der Waals surface area contributed by atoms with E-state index in [2.05, 4.69) is 15.9 Å². The SMILES string of the molecule is CC1=COC(CBr)(c2ccc(Oc3ccc(Cl)cc3)cc2Cl)O1. The van der Waals surface area contributed by atoms with E-state index in [1.807, 2.05) is 19.1 Å². The Kier molecular flexibility index (Phi) is 4.76. The molecule has 0 saturated carbocycles. The summed E-state index contributed by atoms with van der Waals surface area (Å²) in [5.41, 5.74) is 0.729. The molecule has 120 valence electrons. The summed E-state index contributed by atoms with van der Waals surface area (Å²) in [5, 5.41) is 1.60. The van der Waals surface area contributed by atoms with Gasteiger partial charge in [0.15, 0.2) is 0 Å². The third-order valence-corrected chi connectivity index (χ3v) is 4.62. The minimum atomic E-state index is -0.944. The second-order valence-corrected chi connectivity index (χ2v) is 6.44. The van der Waals surface area contributed by atoms with Crippen LogP contribution in [0.5, 0.6) is 11.5 Å². The Morgan fingerprint density at radius 3 is 2.35 bits per heavy atom. The third kappa shape index (κ3) is 3.44. The molecule has 0 aliphatic carbocycles. The van der Waals surface area contributed by atoms with E-state index < -0.39 is 5.79 Å². The maximum atomic E-state index is 6.41. The molecule has 3 rings (SSSR count). The van der Waals surface area contributed by atoms with Gasteiger partial charge < -0.3 is 14.2 Å². The second-order valence-electron chi connectivity index (χ2n) is 5.03. The van der Waals surface area contributed by atoms with Gasteiger partial charge in [-0.3, -0.25) is 0 Å². The van der Waals surface area contributed by atoms with Gasteiger partial charge in [-0.2, -0.15) is 0 Å². The number of benzene rings is 2. The van der Waals surface area contributed by atoms with Gasteiger partial charge in [-0.25, -0.2) is 0 Å². The average molecular weight is 416 g/mol. The van der Waals surface area contributed by atoms with Crippen LogP contribution in [0.1, 0.15) is 12.5 Å². The lowest BCUT2D eigenvalue weighted by molar-refractivity contribution is -0.134. The Labute approximate surface area is 152 Å². The molecule has 0 aromatic heterocycles. The summed E-state index contributed by atoms with van der Waals surface area (Å²) in [6, 6.07) is 12.5. The van der Waals surface area contributed by atoms with Crippen molar-refractivity contribution >= 4 is 39.1 Å². The molecule has 1 aliphatic heterocycles. The minimum absolute atomic E-state index is 0.449. The molecule has 2 aromatic rings. The fourth-order valence-electron chi connectivity index (χ4n) is 2.24. The van der Waals surface area contributed by atoms with Crippen molar-refractivity contribution in [2.45, 2.75) is 12.7 Å². The topological polar surface area (TPSA) is 27.7 Å². The lowest BCUT2D eigenvalue weighted by Gasteiger charge is -2.27. The lowest BCUT2D eigenvalue weighted by atomic mass is 10.1. The molecular weight excluding hydrogens is 403 g/mol. The molecule has 0 bridgehead atoms. The Morgan fingerprint density at radius 1 is 1.09 bits per heavy atom. The Balaban J connectivity index is 1.85. The van der Waals surface area contributed by atoms with E-state index >= 15 is 0 Å². The molecule has 0 N–H and O–H groups in total. The Bertz CT molecular complexity index is 746. The zero-order valence-electron chi connectivity index (χ0n) is 12.2. The molecule has 1 heterocycles. The van der Waals surface area contributed by atoms with Crippen molar-refractivity contribution in [1.82, 2.24) is 0 Å². The van der Waals surface area contributed by atoms with Crippen molar-refractivity contribution in [3.05, 3.63) is 70.1 Å². The fourth-order valence-corrected chi connectivity index (χ4v) is 3.23. The van der Waals surface area contributed by atoms with Crippen molar-refractivity contribution in [2.24, 2.45) is 0 Å². The highest BCUT2D eigenvalue weighted by Gasteiger charge is 2.40. The van der Waals surface area contributed by atoms with E-state index in [4.69, 9.17) is 37.4 Å². The number of allylic oxidation sites excluding steroid dienone is 1. The maximum Gasteiger partial charge on any atom is 0.288 e. The summed E-state index contributed by atoms with van der Waals surface area (Å²) < 4.78 is 17.2. The quantitative estimate of drug-likeness (QED) is 0.553. The first-order valence-corrected chi connectivity index (χ1v) is 8.73. The van der Waals surface area contributed by atoms with Crippen molar-refractivity contribution in [2.75, 3.05) is 5.33 Å². The van der Waals surface area contributed by atoms with E-state index in [1.165, 1.54) is 0 Å². The number of halogens is 3. The van der Waals surface area contributed by atoms with Gasteiger partial charge in [0.1, 0.15) is 23.5 Å². The van der Waals surface area contributed by atoms with E-state index in [0.29, 0.717) is 32.6 Å². The van der Waals surface area contributed by atoms with Crippen LogP contribution in [-0.2, 0) is 15.3 Å². The van der Waals surface area contributed by atoms with Gasteiger partial charge in [0.05, 0.1) is 15.9 Å². The molecule has 0 spiro atoms. The minimum Gasteiger partial charge on any atom is -0.457 e. The molecule has 0 amide bonds. The van der Waals surface area contributed by atoms with E-state index in [-0.39, 0.29) is 0 Å². The Hall–Kier alpha value is -1.36. The highest BCUT2D eigenvalue weighted by molar-refractivity contribution is 9.09. The van der Waals surface area contributed by atoms with Gasteiger partial charge in [0.25, 0.3) is 5.79 Å². The van der Waals surface area contributed by atoms with Gasteiger partial charge in [-0.15, -0.1) is 0 Å². The maximum absolute atomic E-state index is 6.41. The van der Waals surface area contributed by atoms with Gasteiger partial charge in [0, 0.05) is 5.02 Å². The molecule has 1 atom stereocenters. The van der Waals surface area contributed by atoms with Gasteiger partial charge >= 0.3 is 0 Å². The standard InChI is InChI=1S/C17H13BrCl2O3/c1-11-9-21-17(10-18,23-11)15-7-6-14(8-16(15)20)22-13-4-2-12(19)3-5-13/h2-9H,10H2,1H3. The molecule has 23 heavy (non-hydrogen) atoms. The van der Waals surface area contributed by atoms with Crippen LogP contribution in [-0.4, -0.2) is 5.33 Å². The van der Waals surface area contributed by atoms with Crippen LogP contribution in [0.15, 0.2) is 54.5 Å². The first kappa shape index (κ1) is 16.5. The predicted molar refractivity (Wildman–Crippen MR) is 94.4 cm³/mol. The summed E-state index contributed by atoms with van der Waals surface area (Å²) in [5.74, 6) is 1.05. The molecule has 0 saturated heterocycles. The summed E-state index contributed by atoms with van der Waals surface area (Å²) >= 11 is 15.7. The summed E-state index contributed by atoms with van der Waals surface area (Å²) in [7, 11) is 0. The highest BCUT2D eigenvalue weighted by atomic mass is 79.9. The van der Waals surface area contributed by atoms with E-state index in [1.54, 1.807) is 36.6 Å². The van der Waals surface area contributed by atoms with Crippen molar-refractivity contribution in [3.63, 3.8) is 0 Å². The lowest BCUT2D eigenvalue weighted by Crippen LogP contribution is -2.29. The first-order chi connectivity index (χ1) is 11.0. The first-order valence-electron chi connectivity index (χ1n) is 6.85. The van der Waals surface area contributed by atoms with Gasteiger partial charge in [0.2, 0.25) is 0 Å². The third-order valence-electron chi connectivity index (χ3n) is 3.32. The molecule has 3 nitrogen and oxygen atoms in total. The number of rotatable bonds is 4. The monoisotopic (exact) mass is 414 g/mol. The van der Waals surface area contributed by atoms with Crippen LogP contribution < -0.4 is 4.74 Å². The van der Waals surface area contributed by atoms with Crippen LogP contribution in [0.2, 0.25) is 10.0 Å². The van der Waals surface area contributed by atoms with Crippen LogP contribution in [0, 0.1) is 0 Å². The number of alkyl halides is 1. The molecule has 2 aromatic carbocycles. The molecule has 1 aliphatic rings. The fraction of sp³-hybridized carbons (Fsp3) is 0.176. The highest BCUT2D eigenvalue weighted by Crippen LogP contribution is 2.41. The second kappa shape index (κ2) is 6.63. The predicted octanol–water partition coefficient (Wildman–Crippen LogP) is 6.24. The zero-order valence-corrected chi connectivity index (χ0v) is 15.3. The van der Waals surface area contributed by atoms with E-state index in [0.717, 1.165) is 5.56 Å². The Morgan fingerprint density at radius 2 is 1.78 bits per heavy atom. The molecule has 6 heteroatoms. The molecule has 0 radical (unpaired) electrons. The van der Waals surface area contributed by atoms with Crippen LogP contribution >= 0.6 is 39.1 Å².